The standard InChI is InChI=1S/C26H26BClFN3O10/c1-3-31-6-7-32(24(37)23(31)36)26(40)30-20(13-4-5-16(33)21(35)19(13)28)17(34)10-12-9-14-15(29)8-11(2)18(25(38)39)22(14)42-27(12)41/h4-5,8,12,20,33,35,41H,3,6-7,9-10H2,1-2H3,(H,30,40)(H,38,39)/t12-,20?/m1/s1. The molecule has 42 heavy (non-hydrogen) atoms. The first-order valence-corrected chi connectivity index (χ1v) is 13.2. The number of likely N-dealkylation sites (N-methyl/N-ethyl adjacent to an activating group) is 1. The van der Waals surface area contributed by atoms with Crippen LogP contribution in [0.2, 0.25) is 10.8 Å². The number of phenols is 2. The number of ketones is 1. The number of amides is 4. The molecule has 1 unspecified atom stereocenters. The number of nitrogens with one attached hydrogen (secondary N) is 1. The number of piperazine rings is 1. The summed E-state index contributed by atoms with van der Waals surface area (Å²) in [5.74, 6) is -7.97. The Balaban J connectivity index is 1.64. The number of aryl methyl sites for hydroxylation is 1. The van der Waals surface area contributed by atoms with Crippen LogP contribution in [0.25, 0.3) is 0 Å². The minimum atomic E-state index is -1.75. The first kappa shape index (κ1) is 30.6. The minimum Gasteiger partial charge on any atom is -0.535 e. The summed E-state index contributed by atoms with van der Waals surface area (Å²) in [6.45, 7) is 3.15. The Morgan fingerprint density at radius 1 is 1.21 bits per heavy atom. The number of aromatic hydroxyl groups is 2. The number of carbonyl (C=O) groups excluding carboxylic acids is 4. The summed E-state index contributed by atoms with van der Waals surface area (Å²) in [5, 5.41) is 42.0. The van der Waals surface area contributed by atoms with Crippen molar-refractivity contribution in [1.29, 1.82) is 0 Å². The number of Topliss-reactive ketones (excluding diaryl/α,β-unsaturated/α-hetero) is 1. The van der Waals surface area contributed by atoms with E-state index in [-0.39, 0.29) is 54.1 Å². The molecule has 2 aliphatic rings. The maximum atomic E-state index is 14.8. The van der Waals surface area contributed by atoms with Crippen LogP contribution in [-0.4, -0.2) is 86.5 Å². The zero-order valence-electron chi connectivity index (χ0n) is 22.4. The molecule has 2 heterocycles. The van der Waals surface area contributed by atoms with E-state index < -0.39 is 77.3 Å². The second-order valence-corrected chi connectivity index (χ2v) is 10.2. The Labute approximate surface area is 243 Å². The molecule has 1 saturated heterocycles. The molecule has 2 aliphatic heterocycles. The number of halogens is 2. The van der Waals surface area contributed by atoms with Crippen molar-refractivity contribution in [2.24, 2.45) is 0 Å². The predicted molar refractivity (Wildman–Crippen MR) is 144 cm³/mol. The summed E-state index contributed by atoms with van der Waals surface area (Å²) in [6, 6.07) is 0.366. The normalized spacial score (nSPS) is 17.5. The van der Waals surface area contributed by atoms with Crippen LogP contribution in [0.4, 0.5) is 9.18 Å². The number of urea groups is 1. The first-order chi connectivity index (χ1) is 19.8. The maximum absolute atomic E-state index is 14.8. The average molecular weight is 606 g/mol. The number of hydrogen-bond donors (Lipinski definition) is 5. The van der Waals surface area contributed by atoms with Crippen LogP contribution in [0.15, 0.2) is 18.2 Å². The van der Waals surface area contributed by atoms with Gasteiger partial charge < -0.3 is 35.2 Å². The second-order valence-electron chi connectivity index (χ2n) is 9.87. The molecule has 4 rings (SSSR count). The SMILES string of the molecule is CCN1CCN(C(=O)NC(C(=O)C[C@H]2Cc3c(F)cc(C)c(C(=O)O)c3OB2O)c2ccc(O)c(O)c2Cl)C(=O)C1=O. The smallest absolute Gasteiger partial charge is 0.526 e. The molecule has 2 atom stereocenters. The number of imide groups is 1. The molecule has 16 heteroatoms. The largest absolute Gasteiger partial charge is 0.535 e. The molecule has 222 valence electrons. The third-order valence-corrected chi connectivity index (χ3v) is 7.67. The van der Waals surface area contributed by atoms with Gasteiger partial charge in [-0.15, -0.1) is 0 Å². The van der Waals surface area contributed by atoms with Gasteiger partial charge in [0.2, 0.25) is 0 Å². The lowest BCUT2D eigenvalue weighted by molar-refractivity contribution is -0.153. The zero-order chi connectivity index (χ0) is 31.0. The molecule has 0 radical (unpaired) electrons. The van der Waals surface area contributed by atoms with Crippen molar-refractivity contribution in [1.82, 2.24) is 15.1 Å². The van der Waals surface area contributed by atoms with Gasteiger partial charge in [0.1, 0.15) is 23.2 Å². The fourth-order valence-corrected chi connectivity index (χ4v) is 5.27. The van der Waals surface area contributed by atoms with Crippen molar-refractivity contribution in [3.05, 3.63) is 51.3 Å². The van der Waals surface area contributed by atoms with Gasteiger partial charge in [0, 0.05) is 43.0 Å². The zero-order valence-corrected chi connectivity index (χ0v) is 23.1. The van der Waals surface area contributed by atoms with Gasteiger partial charge in [-0.1, -0.05) is 17.7 Å². The van der Waals surface area contributed by atoms with Crippen molar-refractivity contribution in [2.75, 3.05) is 19.6 Å². The number of carbonyl (C=O) groups is 5. The van der Waals surface area contributed by atoms with Crippen molar-refractivity contribution in [3.8, 4) is 17.2 Å². The Morgan fingerprint density at radius 3 is 2.55 bits per heavy atom. The number of phenolic OH excluding ortho intramolecular Hbond substituents is 2. The van der Waals surface area contributed by atoms with Crippen molar-refractivity contribution < 1.29 is 53.4 Å². The van der Waals surface area contributed by atoms with Gasteiger partial charge in [-0.3, -0.25) is 19.3 Å². The highest BCUT2D eigenvalue weighted by molar-refractivity contribution is 6.47. The molecular weight excluding hydrogens is 580 g/mol. The predicted octanol–water partition coefficient (Wildman–Crippen LogP) is 1.78. The van der Waals surface area contributed by atoms with E-state index in [4.69, 9.17) is 16.3 Å². The van der Waals surface area contributed by atoms with Crippen LogP contribution in [0.1, 0.15) is 46.4 Å². The topological polar surface area (TPSA) is 194 Å². The van der Waals surface area contributed by atoms with E-state index in [2.05, 4.69) is 5.32 Å². The molecule has 2 aromatic carbocycles. The summed E-state index contributed by atoms with van der Waals surface area (Å²) in [5.41, 5.74) is -0.621. The minimum absolute atomic E-state index is 0.0578. The number of fused-ring (bicyclic) bond motifs is 1. The molecule has 0 aromatic heterocycles. The highest BCUT2D eigenvalue weighted by atomic mass is 35.5. The Bertz CT molecular complexity index is 1510. The van der Waals surface area contributed by atoms with Crippen LogP contribution >= 0.6 is 11.6 Å². The number of rotatable bonds is 7. The first-order valence-electron chi connectivity index (χ1n) is 12.8. The van der Waals surface area contributed by atoms with Gasteiger partial charge in [0.05, 0.1) is 5.02 Å². The summed E-state index contributed by atoms with van der Waals surface area (Å²) >= 11 is 6.18. The third kappa shape index (κ3) is 5.57. The van der Waals surface area contributed by atoms with E-state index in [9.17, 15) is 48.7 Å². The van der Waals surface area contributed by atoms with Crippen LogP contribution < -0.4 is 9.97 Å². The molecule has 0 spiro atoms. The monoisotopic (exact) mass is 605 g/mol. The van der Waals surface area contributed by atoms with Gasteiger partial charge >= 0.3 is 30.9 Å². The van der Waals surface area contributed by atoms with Gasteiger partial charge in [0.15, 0.2) is 17.3 Å². The lowest BCUT2D eigenvalue weighted by Crippen LogP contribution is -2.58. The Hall–Kier alpha value is -4.37. The highest BCUT2D eigenvalue weighted by Crippen LogP contribution is 2.42. The van der Waals surface area contributed by atoms with Crippen molar-refractivity contribution in [2.45, 2.75) is 38.5 Å². The Morgan fingerprint density at radius 2 is 1.90 bits per heavy atom. The van der Waals surface area contributed by atoms with Crippen LogP contribution in [0, 0.1) is 12.7 Å². The number of nitrogens with zero attached hydrogens (tertiary/aromatic N) is 2. The lowest BCUT2D eigenvalue weighted by Gasteiger charge is -2.33. The van der Waals surface area contributed by atoms with E-state index in [1.165, 1.54) is 11.8 Å². The molecule has 2 aromatic rings. The van der Waals surface area contributed by atoms with E-state index in [1.807, 2.05) is 0 Å². The lowest BCUT2D eigenvalue weighted by atomic mass is 9.63. The van der Waals surface area contributed by atoms with E-state index in [0.717, 1.165) is 18.2 Å². The van der Waals surface area contributed by atoms with Crippen molar-refractivity contribution >= 4 is 48.3 Å². The van der Waals surface area contributed by atoms with Gasteiger partial charge in [-0.2, -0.15) is 0 Å². The third-order valence-electron chi connectivity index (χ3n) is 7.27. The average Bonchev–Trinajstić information content (AvgIpc) is 2.92. The molecule has 0 saturated carbocycles. The molecule has 0 aliphatic carbocycles. The molecule has 4 amide bonds. The fourth-order valence-electron chi connectivity index (χ4n) is 5.00. The van der Waals surface area contributed by atoms with E-state index >= 15 is 0 Å². The van der Waals surface area contributed by atoms with Gasteiger partial charge in [-0.25, -0.2) is 14.0 Å². The number of hydrogen-bond acceptors (Lipinski definition) is 9. The summed E-state index contributed by atoms with van der Waals surface area (Å²) in [7, 11) is -1.75. The highest BCUT2D eigenvalue weighted by Gasteiger charge is 2.42. The summed E-state index contributed by atoms with van der Waals surface area (Å²) in [4.78, 5) is 65.2. The number of aromatic carboxylic acids is 1. The van der Waals surface area contributed by atoms with E-state index in [0.29, 0.717) is 4.90 Å². The van der Waals surface area contributed by atoms with Crippen LogP contribution in [0.5, 0.6) is 17.2 Å². The van der Waals surface area contributed by atoms with Gasteiger partial charge in [0.25, 0.3) is 0 Å². The second kappa shape index (κ2) is 11.9. The quantitative estimate of drug-likeness (QED) is 0.176. The maximum Gasteiger partial charge on any atom is 0.526 e. The molecular formula is C26H26BClFN3O10. The number of carboxylic acids is 1. The molecule has 13 nitrogen and oxygen atoms in total. The number of carboxylic acid groups (broad SMARTS) is 1. The Kier molecular flexibility index (Phi) is 8.64. The number of benzene rings is 2. The molecule has 1 fully saturated rings. The summed E-state index contributed by atoms with van der Waals surface area (Å²) in [6.07, 6.45) is -0.883. The van der Waals surface area contributed by atoms with E-state index in [1.54, 1.807) is 6.92 Å². The molecule has 0 bridgehead atoms. The van der Waals surface area contributed by atoms with Crippen LogP contribution in [0.3, 0.4) is 0 Å². The van der Waals surface area contributed by atoms with Gasteiger partial charge in [-0.05, 0) is 38.0 Å². The fraction of sp³-hybridized carbons (Fsp3) is 0.346. The van der Waals surface area contributed by atoms with Crippen molar-refractivity contribution in [3.63, 3.8) is 0 Å². The summed E-state index contributed by atoms with van der Waals surface area (Å²) < 4.78 is 20.2. The van der Waals surface area contributed by atoms with Crippen LogP contribution in [-0.2, 0) is 20.8 Å². The molecule has 5 N–H and O–H groups in total.